The summed E-state index contributed by atoms with van der Waals surface area (Å²) in [5.41, 5.74) is 11.5. The number of nitrogens with one attached hydrogen (secondary N) is 1. The summed E-state index contributed by atoms with van der Waals surface area (Å²) in [6.07, 6.45) is 1.31. The fraction of sp³-hybridized carbons (Fsp3) is 0.345. The third kappa shape index (κ3) is 4.58. The van der Waals surface area contributed by atoms with E-state index in [9.17, 15) is 15.2 Å². The van der Waals surface area contributed by atoms with E-state index in [0.29, 0.717) is 43.1 Å². The predicted octanol–water partition coefficient (Wildman–Crippen LogP) is 4.04. The smallest absolute Gasteiger partial charge is 0.255 e. The Balaban J connectivity index is 1.45. The summed E-state index contributed by atoms with van der Waals surface area (Å²) in [4.78, 5) is 19.5. The lowest BCUT2D eigenvalue weighted by Crippen LogP contribution is -2.65. The molecule has 8 nitrogen and oxygen atoms in total. The molecule has 0 aliphatic carbocycles. The first-order valence-corrected chi connectivity index (χ1v) is 12.4. The summed E-state index contributed by atoms with van der Waals surface area (Å²) in [5, 5.41) is 23.2. The number of amides is 1. The fourth-order valence-electron chi connectivity index (χ4n) is 5.09. The first-order valence-electron chi connectivity index (χ1n) is 12.4. The Morgan fingerprint density at radius 2 is 2.08 bits per heavy atom. The van der Waals surface area contributed by atoms with Crippen LogP contribution in [0.1, 0.15) is 53.6 Å². The van der Waals surface area contributed by atoms with Crippen molar-refractivity contribution in [3.8, 4) is 17.2 Å². The SMILES string of the molecule is Cc1ccc(NC(=O)c2ccnc(C(C)(C)C#N)c2)cc1-c1ccc2c(c1)N1CCOCC1(N)CC2O. The van der Waals surface area contributed by atoms with Gasteiger partial charge >= 0.3 is 0 Å². The number of aliphatic hydroxyl groups excluding tert-OH is 1. The minimum absolute atomic E-state index is 0.276. The lowest BCUT2D eigenvalue weighted by atomic mass is 9.86. The van der Waals surface area contributed by atoms with E-state index in [1.807, 2.05) is 37.3 Å². The molecular formula is C29H31N5O3. The molecule has 37 heavy (non-hydrogen) atoms. The number of nitriles is 1. The second-order valence-corrected chi connectivity index (χ2v) is 10.5. The summed E-state index contributed by atoms with van der Waals surface area (Å²) < 4.78 is 5.62. The summed E-state index contributed by atoms with van der Waals surface area (Å²) in [7, 11) is 0. The Bertz CT molecular complexity index is 1410. The van der Waals surface area contributed by atoms with Crippen LogP contribution in [0, 0.1) is 18.3 Å². The fourth-order valence-corrected chi connectivity index (χ4v) is 5.09. The molecule has 5 rings (SSSR count). The number of fused-ring (bicyclic) bond motifs is 3. The van der Waals surface area contributed by atoms with E-state index >= 15 is 0 Å². The van der Waals surface area contributed by atoms with Crippen LogP contribution in [0.25, 0.3) is 11.1 Å². The molecule has 1 amide bonds. The summed E-state index contributed by atoms with van der Waals surface area (Å²) in [6.45, 7) is 7.18. The Hall–Kier alpha value is -3.77. The highest BCUT2D eigenvalue weighted by Crippen LogP contribution is 2.43. The van der Waals surface area contributed by atoms with Gasteiger partial charge < -0.3 is 25.8 Å². The first kappa shape index (κ1) is 24.9. The number of aromatic nitrogens is 1. The number of nitrogens with two attached hydrogens (primary N) is 1. The Morgan fingerprint density at radius 3 is 2.86 bits per heavy atom. The number of benzene rings is 2. The highest BCUT2D eigenvalue weighted by molar-refractivity contribution is 6.04. The Labute approximate surface area is 216 Å². The van der Waals surface area contributed by atoms with Crippen LogP contribution in [-0.2, 0) is 10.2 Å². The maximum absolute atomic E-state index is 13.1. The van der Waals surface area contributed by atoms with Gasteiger partial charge in [-0.05, 0) is 67.8 Å². The quantitative estimate of drug-likeness (QED) is 0.497. The number of morpholine rings is 1. The van der Waals surface area contributed by atoms with Crippen LogP contribution in [0.2, 0.25) is 0 Å². The minimum Gasteiger partial charge on any atom is -0.388 e. The molecule has 8 heteroatoms. The van der Waals surface area contributed by atoms with Crippen LogP contribution < -0.4 is 16.0 Å². The Morgan fingerprint density at radius 1 is 1.27 bits per heavy atom. The van der Waals surface area contributed by atoms with Crippen molar-refractivity contribution in [1.82, 2.24) is 4.98 Å². The molecule has 0 bridgehead atoms. The second kappa shape index (κ2) is 9.27. The van der Waals surface area contributed by atoms with Crippen LogP contribution in [0.15, 0.2) is 54.7 Å². The lowest BCUT2D eigenvalue weighted by Gasteiger charge is -2.50. The molecule has 2 aromatic carbocycles. The van der Waals surface area contributed by atoms with Gasteiger partial charge in [0.2, 0.25) is 0 Å². The number of carbonyl (C=O) groups excluding carboxylic acids is 1. The van der Waals surface area contributed by atoms with E-state index in [-0.39, 0.29) is 5.91 Å². The minimum atomic E-state index is -0.797. The van der Waals surface area contributed by atoms with Gasteiger partial charge in [-0.15, -0.1) is 0 Å². The van der Waals surface area contributed by atoms with Gasteiger partial charge in [0.25, 0.3) is 5.91 Å². The number of rotatable bonds is 4. The van der Waals surface area contributed by atoms with Crippen LogP contribution >= 0.6 is 0 Å². The van der Waals surface area contributed by atoms with E-state index in [4.69, 9.17) is 10.5 Å². The van der Waals surface area contributed by atoms with Crippen molar-refractivity contribution >= 4 is 17.3 Å². The molecule has 1 saturated heterocycles. The molecule has 2 aliphatic heterocycles. The molecule has 0 radical (unpaired) electrons. The van der Waals surface area contributed by atoms with Crippen molar-refractivity contribution in [3.05, 3.63) is 77.1 Å². The van der Waals surface area contributed by atoms with Gasteiger partial charge in [0.15, 0.2) is 0 Å². The van der Waals surface area contributed by atoms with Crippen molar-refractivity contribution in [3.63, 3.8) is 0 Å². The highest BCUT2D eigenvalue weighted by Gasteiger charge is 2.43. The third-order valence-corrected chi connectivity index (χ3v) is 7.32. The molecule has 1 fully saturated rings. The van der Waals surface area contributed by atoms with Crippen molar-refractivity contribution in [2.45, 2.75) is 44.4 Å². The van der Waals surface area contributed by atoms with Gasteiger partial charge in [-0.3, -0.25) is 9.78 Å². The van der Waals surface area contributed by atoms with Crippen molar-refractivity contribution < 1.29 is 14.6 Å². The molecule has 190 valence electrons. The lowest BCUT2D eigenvalue weighted by molar-refractivity contribution is 0.0159. The number of aryl methyl sites for hydroxylation is 1. The first-order chi connectivity index (χ1) is 17.6. The molecule has 0 saturated carbocycles. The molecule has 2 aliphatic rings. The molecule has 3 aromatic rings. The molecule has 0 spiro atoms. The maximum atomic E-state index is 13.1. The highest BCUT2D eigenvalue weighted by atomic mass is 16.5. The summed E-state index contributed by atoms with van der Waals surface area (Å²) in [6, 6.07) is 17.3. The second-order valence-electron chi connectivity index (χ2n) is 10.5. The van der Waals surface area contributed by atoms with E-state index in [1.165, 1.54) is 0 Å². The standard InChI is InChI=1S/C29H31N5O3/c1-18-4-6-21(33-27(36)20-8-9-32-26(13-20)28(2,3)16-30)14-23(18)19-5-7-22-24(12-19)34-10-11-37-17-29(34,31)15-25(22)35/h4-9,12-14,25,35H,10-11,15,17,31H2,1-3H3,(H,33,36). The summed E-state index contributed by atoms with van der Waals surface area (Å²) >= 11 is 0. The van der Waals surface area contributed by atoms with Gasteiger partial charge in [-0.2, -0.15) is 5.26 Å². The van der Waals surface area contributed by atoms with Gasteiger partial charge in [-0.25, -0.2) is 0 Å². The number of carbonyl (C=O) groups is 1. The number of aliphatic hydroxyl groups is 1. The van der Waals surface area contributed by atoms with Gasteiger partial charge in [-0.1, -0.05) is 18.2 Å². The number of hydrogen-bond acceptors (Lipinski definition) is 7. The van der Waals surface area contributed by atoms with Gasteiger partial charge in [0, 0.05) is 41.7 Å². The average Bonchev–Trinajstić information content (AvgIpc) is 2.89. The molecular weight excluding hydrogens is 466 g/mol. The van der Waals surface area contributed by atoms with Crippen LogP contribution in [0.3, 0.4) is 0 Å². The van der Waals surface area contributed by atoms with E-state index < -0.39 is 17.2 Å². The number of hydrogen-bond donors (Lipinski definition) is 3. The maximum Gasteiger partial charge on any atom is 0.255 e. The average molecular weight is 498 g/mol. The van der Waals surface area contributed by atoms with Crippen LogP contribution in [-0.4, -0.2) is 41.4 Å². The molecule has 4 N–H and O–H groups in total. The van der Waals surface area contributed by atoms with Crippen LogP contribution in [0.5, 0.6) is 0 Å². The predicted molar refractivity (Wildman–Crippen MR) is 142 cm³/mol. The number of ether oxygens (including phenoxy) is 1. The van der Waals surface area contributed by atoms with E-state index in [0.717, 1.165) is 27.9 Å². The monoisotopic (exact) mass is 497 g/mol. The zero-order valence-corrected chi connectivity index (χ0v) is 21.3. The van der Waals surface area contributed by atoms with Crippen molar-refractivity contribution in [2.24, 2.45) is 5.73 Å². The van der Waals surface area contributed by atoms with Crippen molar-refractivity contribution in [2.75, 3.05) is 30.0 Å². The summed E-state index contributed by atoms with van der Waals surface area (Å²) in [5.74, 6) is -0.276. The molecule has 3 heterocycles. The number of anilines is 2. The van der Waals surface area contributed by atoms with E-state index in [2.05, 4.69) is 27.3 Å². The van der Waals surface area contributed by atoms with Gasteiger partial charge in [0.05, 0.1) is 36.5 Å². The number of pyridine rings is 1. The topological polar surface area (TPSA) is 124 Å². The van der Waals surface area contributed by atoms with Crippen LogP contribution in [0.4, 0.5) is 11.4 Å². The normalized spacial score (nSPS) is 21.0. The molecule has 2 atom stereocenters. The largest absolute Gasteiger partial charge is 0.388 e. The molecule has 2 unspecified atom stereocenters. The van der Waals surface area contributed by atoms with Crippen molar-refractivity contribution in [1.29, 1.82) is 5.26 Å². The van der Waals surface area contributed by atoms with Gasteiger partial charge in [0.1, 0.15) is 5.66 Å². The number of nitrogens with zero attached hydrogens (tertiary/aromatic N) is 3. The Kier molecular flexibility index (Phi) is 6.24. The molecule has 1 aromatic heterocycles. The zero-order valence-electron chi connectivity index (χ0n) is 21.3. The van der Waals surface area contributed by atoms with E-state index in [1.54, 1.807) is 32.2 Å². The zero-order chi connectivity index (χ0) is 26.4. The third-order valence-electron chi connectivity index (χ3n) is 7.32.